The molecule has 1 aromatic heterocycles. The maximum absolute atomic E-state index is 5.58. The van der Waals surface area contributed by atoms with Crippen LogP contribution < -0.4 is 10.6 Å². The second-order valence-corrected chi connectivity index (χ2v) is 7.29. The van der Waals surface area contributed by atoms with Crippen LogP contribution in [0.2, 0.25) is 0 Å². The van der Waals surface area contributed by atoms with Gasteiger partial charge in [-0.2, -0.15) is 0 Å². The second kappa shape index (κ2) is 11.4. The third kappa shape index (κ3) is 8.91. The molecular weight excluding hydrogens is 308 g/mol. The quantitative estimate of drug-likeness (QED) is 0.391. The fourth-order valence-electron chi connectivity index (χ4n) is 2.12. The van der Waals surface area contributed by atoms with Crippen LogP contribution in [0.1, 0.15) is 42.8 Å². The molecule has 2 N–H and O–H groups in total. The molecule has 0 radical (unpaired) electrons. The zero-order chi connectivity index (χ0) is 17.1. The van der Waals surface area contributed by atoms with Gasteiger partial charge in [0.25, 0.3) is 0 Å². The zero-order valence-electron chi connectivity index (χ0n) is 15.2. The molecule has 1 rings (SSSR count). The van der Waals surface area contributed by atoms with Crippen LogP contribution in [-0.4, -0.2) is 43.8 Å². The van der Waals surface area contributed by atoms with Gasteiger partial charge in [0.1, 0.15) is 0 Å². The number of nitrogens with zero attached hydrogens (tertiary/aromatic N) is 2. The molecule has 0 unspecified atom stereocenters. The van der Waals surface area contributed by atoms with E-state index in [-0.39, 0.29) is 0 Å². The van der Waals surface area contributed by atoms with Crippen molar-refractivity contribution in [1.82, 2.24) is 15.6 Å². The molecule has 132 valence electrons. The van der Waals surface area contributed by atoms with Gasteiger partial charge in [-0.25, -0.2) is 4.98 Å². The molecular formula is C17H32N4OS. The predicted octanol–water partition coefficient (Wildman–Crippen LogP) is 2.92. The molecule has 0 aliphatic carbocycles. The van der Waals surface area contributed by atoms with E-state index in [4.69, 9.17) is 4.74 Å². The van der Waals surface area contributed by atoms with Gasteiger partial charge >= 0.3 is 0 Å². The minimum absolute atomic E-state index is 0.594. The van der Waals surface area contributed by atoms with Crippen molar-refractivity contribution in [3.63, 3.8) is 0 Å². The monoisotopic (exact) mass is 340 g/mol. The molecule has 0 aromatic carbocycles. The molecule has 0 atom stereocenters. The van der Waals surface area contributed by atoms with Gasteiger partial charge in [0.2, 0.25) is 0 Å². The smallest absolute Gasteiger partial charge is 0.191 e. The molecule has 0 spiro atoms. The standard InChI is InChI=1S/C17H32N4OS/c1-6-18-17(19-9-7-11-22-12-13(2)3)20-10-8-16-14(4)21-15(5)23-16/h13H,6-12H2,1-5H3,(H2,18,19,20). The molecule has 0 amide bonds. The number of aromatic nitrogens is 1. The largest absolute Gasteiger partial charge is 0.381 e. The molecule has 0 bridgehead atoms. The first-order valence-corrected chi connectivity index (χ1v) is 9.37. The van der Waals surface area contributed by atoms with E-state index in [9.17, 15) is 0 Å². The molecule has 0 aliphatic heterocycles. The van der Waals surface area contributed by atoms with Gasteiger partial charge in [0.15, 0.2) is 5.96 Å². The Morgan fingerprint density at radius 2 is 2.09 bits per heavy atom. The summed E-state index contributed by atoms with van der Waals surface area (Å²) in [5.41, 5.74) is 1.15. The van der Waals surface area contributed by atoms with E-state index in [0.717, 1.165) is 62.4 Å². The summed E-state index contributed by atoms with van der Waals surface area (Å²) < 4.78 is 5.58. The lowest BCUT2D eigenvalue weighted by Gasteiger charge is -2.11. The van der Waals surface area contributed by atoms with Crippen molar-refractivity contribution in [2.24, 2.45) is 10.9 Å². The molecule has 1 aromatic rings. The lowest BCUT2D eigenvalue weighted by Crippen LogP contribution is -2.38. The fourth-order valence-corrected chi connectivity index (χ4v) is 3.05. The highest BCUT2D eigenvalue weighted by Gasteiger charge is 2.05. The van der Waals surface area contributed by atoms with Crippen molar-refractivity contribution < 1.29 is 4.74 Å². The Bertz CT molecular complexity index is 471. The lowest BCUT2D eigenvalue weighted by atomic mass is 10.2. The number of hydrogen-bond acceptors (Lipinski definition) is 4. The minimum Gasteiger partial charge on any atom is -0.381 e. The highest BCUT2D eigenvalue weighted by atomic mass is 32.1. The van der Waals surface area contributed by atoms with E-state index in [2.05, 4.69) is 55.2 Å². The molecule has 0 saturated heterocycles. The summed E-state index contributed by atoms with van der Waals surface area (Å²) in [6, 6.07) is 0. The van der Waals surface area contributed by atoms with Crippen molar-refractivity contribution >= 4 is 17.3 Å². The van der Waals surface area contributed by atoms with Crippen molar-refractivity contribution in [2.75, 3.05) is 32.8 Å². The van der Waals surface area contributed by atoms with Crippen LogP contribution in [0, 0.1) is 19.8 Å². The van der Waals surface area contributed by atoms with E-state index in [1.54, 1.807) is 11.3 Å². The Morgan fingerprint density at radius 1 is 1.30 bits per heavy atom. The number of hydrogen-bond donors (Lipinski definition) is 2. The first-order chi connectivity index (χ1) is 11.0. The van der Waals surface area contributed by atoms with Gasteiger partial charge in [0.05, 0.1) is 10.7 Å². The van der Waals surface area contributed by atoms with Crippen LogP contribution in [0.3, 0.4) is 0 Å². The number of aliphatic imine (C=N–C) groups is 1. The Labute approximate surface area is 145 Å². The second-order valence-electron chi connectivity index (χ2n) is 6.00. The third-order valence-electron chi connectivity index (χ3n) is 3.16. The van der Waals surface area contributed by atoms with Crippen LogP contribution in [0.15, 0.2) is 4.99 Å². The average Bonchev–Trinajstić information content (AvgIpc) is 2.80. The summed E-state index contributed by atoms with van der Waals surface area (Å²) in [6.45, 7) is 14.7. The minimum atomic E-state index is 0.594. The Morgan fingerprint density at radius 3 is 2.70 bits per heavy atom. The number of nitrogens with one attached hydrogen (secondary N) is 2. The third-order valence-corrected chi connectivity index (χ3v) is 4.29. The van der Waals surface area contributed by atoms with Gasteiger partial charge in [-0.1, -0.05) is 13.8 Å². The van der Waals surface area contributed by atoms with E-state index in [0.29, 0.717) is 5.92 Å². The summed E-state index contributed by atoms with van der Waals surface area (Å²) in [4.78, 5) is 10.4. The SMILES string of the molecule is CCNC(=NCCCOCC(C)C)NCCc1sc(C)nc1C. The summed E-state index contributed by atoms with van der Waals surface area (Å²) in [5.74, 6) is 1.48. The van der Waals surface area contributed by atoms with Gasteiger partial charge < -0.3 is 15.4 Å². The first kappa shape index (κ1) is 19.9. The lowest BCUT2D eigenvalue weighted by molar-refractivity contribution is 0.109. The van der Waals surface area contributed by atoms with Crippen molar-refractivity contribution in [2.45, 2.75) is 47.5 Å². The Hall–Kier alpha value is -1.14. The van der Waals surface area contributed by atoms with E-state index in [1.165, 1.54) is 4.88 Å². The topological polar surface area (TPSA) is 58.5 Å². The van der Waals surface area contributed by atoms with Crippen LogP contribution in [0.25, 0.3) is 0 Å². The zero-order valence-corrected chi connectivity index (χ0v) is 16.1. The highest BCUT2D eigenvalue weighted by Crippen LogP contribution is 2.16. The Balaban J connectivity index is 2.27. The van der Waals surface area contributed by atoms with Crippen molar-refractivity contribution in [1.29, 1.82) is 0 Å². The van der Waals surface area contributed by atoms with Crippen LogP contribution in [-0.2, 0) is 11.2 Å². The fraction of sp³-hybridized carbons (Fsp3) is 0.765. The van der Waals surface area contributed by atoms with Gasteiger partial charge in [-0.05, 0) is 33.1 Å². The Kier molecular flexibility index (Phi) is 9.87. The van der Waals surface area contributed by atoms with Gasteiger partial charge in [-0.3, -0.25) is 4.99 Å². The molecule has 1 heterocycles. The van der Waals surface area contributed by atoms with Gasteiger partial charge in [-0.15, -0.1) is 11.3 Å². The number of rotatable bonds is 10. The van der Waals surface area contributed by atoms with Gasteiger partial charge in [0, 0.05) is 44.1 Å². The molecule has 0 aliphatic rings. The maximum atomic E-state index is 5.58. The summed E-state index contributed by atoms with van der Waals surface area (Å²) in [7, 11) is 0. The highest BCUT2D eigenvalue weighted by molar-refractivity contribution is 7.11. The molecule has 6 heteroatoms. The number of guanidine groups is 1. The number of thiazole rings is 1. The van der Waals surface area contributed by atoms with Crippen molar-refractivity contribution in [3.8, 4) is 0 Å². The number of ether oxygens (including phenoxy) is 1. The summed E-state index contributed by atoms with van der Waals surface area (Å²) in [6.07, 6.45) is 1.94. The molecule has 0 fully saturated rings. The molecule has 5 nitrogen and oxygen atoms in total. The first-order valence-electron chi connectivity index (χ1n) is 8.55. The summed E-state index contributed by atoms with van der Waals surface area (Å²) in [5, 5.41) is 7.81. The normalized spacial score (nSPS) is 12.0. The van der Waals surface area contributed by atoms with Crippen LogP contribution in [0.4, 0.5) is 0 Å². The summed E-state index contributed by atoms with van der Waals surface area (Å²) >= 11 is 1.78. The molecule has 23 heavy (non-hydrogen) atoms. The average molecular weight is 341 g/mol. The molecule has 0 saturated carbocycles. The van der Waals surface area contributed by atoms with E-state index >= 15 is 0 Å². The van der Waals surface area contributed by atoms with E-state index < -0.39 is 0 Å². The van der Waals surface area contributed by atoms with Crippen LogP contribution in [0.5, 0.6) is 0 Å². The van der Waals surface area contributed by atoms with Crippen molar-refractivity contribution in [3.05, 3.63) is 15.6 Å². The number of aryl methyl sites for hydroxylation is 2. The van der Waals surface area contributed by atoms with E-state index in [1.807, 2.05) is 0 Å². The van der Waals surface area contributed by atoms with Crippen LogP contribution >= 0.6 is 11.3 Å². The maximum Gasteiger partial charge on any atom is 0.191 e. The predicted molar refractivity (Wildman–Crippen MR) is 99.5 cm³/mol.